The maximum atomic E-state index is 9.81. The fraction of sp³-hybridized carbons (Fsp3) is 0.150. The van der Waals surface area contributed by atoms with Gasteiger partial charge in [0.05, 0.1) is 18.7 Å². The Bertz CT molecular complexity index is 1140. The molecule has 0 aliphatic rings. The van der Waals surface area contributed by atoms with E-state index in [2.05, 4.69) is 25.9 Å². The topological polar surface area (TPSA) is 143 Å². The minimum atomic E-state index is -0.138. The first-order valence-electron chi connectivity index (χ1n) is 8.65. The molecule has 30 heavy (non-hydrogen) atoms. The van der Waals surface area contributed by atoms with Crippen LogP contribution in [0.15, 0.2) is 41.7 Å². The lowest BCUT2D eigenvalue weighted by atomic mass is 10.0. The average molecular weight is 420 g/mol. The molecule has 0 bridgehead atoms. The highest BCUT2D eigenvalue weighted by Gasteiger charge is 2.21. The third kappa shape index (κ3) is 4.58. The van der Waals surface area contributed by atoms with Crippen LogP contribution in [0, 0.1) is 17.9 Å². The summed E-state index contributed by atoms with van der Waals surface area (Å²) in [6, 6.07) is 8.64. The first-order chi connectivity index (χ1) is 14.6. The first kappa shape index (κ1) is 20.9. The lowest BCUT2D eigenvalue weighted by Gasteiger charge is -2.13. The minimum Gasteiger partial charge on any atom is -0.493 e. The van der Waals surface area contributed by atoms with Crippen LogP contribution in [0.1, 0.15) is 11.1 Å². The second kappa shape index (κ2) is 9.56. The van der Waals surface area contributed by atoms with Crippen molar-refractivity contribution in [3.05, 3.63) is 59.2 Å². The van der Waals surface area contributed by atoms with E-state index in [0.29, 0.717) is 27.8 Å². The molecule has 3 aromatic rings. The molecule has 3 rings (SSSR count). The zero-order valence-corrected chi connectivity index (χ0v) is 16.4. The number of ether oxygens (including phenoxy) is 1. The third-order valence-electron chi connectivity index (χ3n) is 3.94. The van der Waals surface area contributed by atoms with Crippen molar-refractivity contribution in [2.75, 3.05) is 18.9 Å². The number of pyridine rings is 3. The molecule has 0 aromatic carbocycles. The number of aliphatic hydroxyl groups is 1. The SMILES string of the molecule is [C-]#[N+]c1c(N)nc(SCc2ccnc(O)c2)c(C#N)c1-c1ccc(OCCO)nc1. The number of thioether (sulfide) groups is 1. The quantitative estimate of drug-likeness (QED) is 0.388. The van der Waals surface area contributed by atoms with Crippen LogP contribution in [0.3, 0.4) is 0 Å². The predicted molar refractivity (Wildman–Crippen MR) is 111 cm³/mol. The van der Waals surface area contributed by atoms with Crippen molar-refractivity contribution in [3.63, 3.8) is 0 Å². The van der Waals surface area contributed by atoms with Crippen LogP contribution in [0.25, 0.3) is 16.0 Å². The van der Waals surface area contributed by atoms with Crippen molar-refractivity contribution >= 4 is 23.3 Å². The average Bonchev–Trinajstić information content (AvgIpc) is 2.76. The van der Waals surface area contributed by atoms with Crippen LogP contribution < -0.4 is 10.5 Å². The Morgan fingerprint density at radius 2 is 2.13 bits per heavy atom. The van der Waals surface area contributed by atoms with E-state index in [0.717, 1.165) is 5.56 Å². The number of nitrogens with zero attached hydrogens (tertiary/aromatic N) is 5. The van der Waals surface area contributed by atoms with Gasteiger partial charge in [-0.25, -0.2) is 19.8 Å². The number of aromatic hydroxyl groups is 1. The van der Waals surface area contributed by atoms with Crippen LogP contribution in [0.5, 0.6) is 11.8 Å². The molecule has 4 N–H and O–H groups in total. The molecule has 0 unspecified atom stereocenters. The molecule has 0 spiro atoms. The van der Waals surface area contributed by atoms with Gasteiger partial charge in [0.2, 0.25) is 17.4 Å². The van der Waals surface area contributed by atoms with Crippen LogP contribution >= 0.6 is 11.8 Å². The summed E-state index contributed by atoms with van der Waals surface area (Å²) < 4.78 is 5.25. The van der Waals surface area contributed by atoms with Crippen LogP contribution in [0.4, 0.5) is 11.5 Å². The van der Waals surface area contributed by atoms with Gasteiger partial charge in [0.1, 0.15) is 23.5 Å². The number of aromatic nitrogens is 3. The number of rotatable bonds is 7. The Labute approximate surface area is 176 Å². The van der Waals surface area contributed by atoms with Gasteiger partial charge in [0, 0.05) is 35.8 Å². The summed E-state index contributed by atoms with van der Waals surface area (Å²) in [4.78, 5) is 15.6. The van der Waals surface area contributed by atoms with E-state index in [1.807, 2.05) is 0 Å². The maximum absolute atomic E-state index is 9.81. The highest BCUT2D eigenvalue weighted by Crippen LogP contribution is 2.41. The van der Waals surface area contributed by atoms with Gasteiger partial charge in [0.15, 0.2) is 0 Å². The zero-order chi connectivity index (χ0) is 21.5. The van der Waals surface area contributed by atoms with Crippen LogP contribution in [0.2, 0.25) is 0 Å². The fourth-order valence-corrected chi connectivity index (χ4v) is 3.58. The lowest BCUT2D eigenvalue weighted by Crippen LogP contribution is -2.03. The summed E-state index contributed by atoms with van der Waals surface area (Å²) in [5, 5.41) is 28.5. The van der Waals surface area contributed by atoms with E-state index >= 15 is 0 Å². The molecule has 150 valence electrons. The van der Waals surface area contributed by atoms with E-state index in [9.17, 15) is 10.4 Å². The van der Waals surface area contributed by atoms with Crippen molar-refractivity contribution in [2.45, 2.75) is 10.8 Å². The minimum absolute atomic E-state index is 0.0136. The molecule has 3 aromatic heterocycles. The summed E-state index contributed by atoms with van der Waals surface area (Å²) in [5.74, 6) is 0.643. The van der Waals surface area contributed by atoms with E-state index in [1.54, 1.807) is 18.2 Å². The fourth-order valence-electron chi connectivity index (χ4n) is 2.64. The van der Waals surface area contributed by atoms with Gasteiger partial charge in [-0.05, 0) is 23.3 Å². The summed E-state index contributed by atoms with van der Waals surface area (Å²) in [6.45, 7) is 7.46. The Balaban J connectivity index is 2.01. The van der Waals surface area contributed by atoms with E-state index < -0.39 is 0 Å². The number of hydrogen-bond donors (Lipinski definition) is 3. The molecule has 0 aliphatic carbocycles. The molecular formula is C20H16N6O3S. The monoisotopic (exact) mass is 420 g/mol. The molecule has 0 radical (unpaired) electrons. The third-order valence-corrected chi connectivity index (χ3v) is 4.99. The van der Waals surface area contributed by atoms with Gasteiger partial charge >= 0.3 is 0 Å². The van der Waals surface area contributed by atoms with Gasteiger partial charge < -0.3 is 20.7 Å². The highest BCUT2D eigenvalue weighted by molar-refractivity contribution is 7.98. The number of nitrogens with two attached hydrogens (primary N) is 1. The van der Waals surface area contributed by atoms with Crippen molar-refractivity contribution in [1.29, 1.82) is 5.26 Å². The molecular weight excluding hydrogens is 404 g/mol. The van der Waals surface area contributed by atoms with Gasteiger partial charge in [-0.3, -0.25) is 0 Å². The van der Waals surface area contributed by atoms with Crippen molar-refractivity contribution in [3.8, 4) is 29.0 Å². The number of anilines is 1. The standard InChI is InChI=1S/C20H16N6O3S/c1-23-18-17(13-2-3-16(25-10-13)29-7-6-27)14(9-21)20(26-19(18)22)30-11-12-4-5-24-15(28)8-12/h2-5,8,10,27H,6-7,11H2,(H2,22,26)(H,24,28). The Kier molecular flexibility index (Phi) is 6.65. The molecule has 0 atom stereocenters. The highest BCUT2D eigenvalue weighted by atomic mass is 32.2. The van der Waals surface area contributed by atoms with Gasteiger partial charge in [-0.2, -0.15) is 5.26 Å². The predicted octanol–water partition coefficient (Wildman–Crippen LogP) is 2.91. The molecule has 3 heterocycles. The normalized spacial score (nSPS) is 10.2. The van der Waals surface area contributed by atoms with Crippen molar-refractivity contribution in [2.24, 2.45) is 0 Å². The number of nitrogen functional groups attached to an aromatic ring is 1. The van der Waals surface area contributed by atoms with Crippen molar-refractivity contribution in [1.82, 2.24) is 15.0 Å². The Hall–Kier alpha value is -3.86. The van der Waals surface area contributed by atoms with E-state index in [4.69, 9.17) is 22.1 Å². The maximum Gasteiger partial charge on any atom is 0.237 e. The number of nitriles is 1. The molecule has 0 amide bonds. The van der Waals surface area contributed by atoms with Crippen LogP contribution in [-0.2, 0) is 5.75 Å². The summed E-state index contributed by atoms with van der Waals surface area (Å²) in [5.41, 5.74) is 7.96. The number of hydrogen-bond acceptors (Lipinski definition) is 9. The second-order valence-electron chi connectivity index (χ2n) is 5.89. The van der Waals surface area contributed by atoms with Gasteiger partial charge in [0.25, 0.3) is 0 Å². The molecule has 0 aliphatic heterocycles. The molecule has 0 saturated carbocycles. The molecule has 0 saturated heterocycles. The smallest absolute Gasteiger partial charge is 0.237 e. The summed E-state index contributed by atoms with van der Waals surface area (Å²) in [6.07, 6.45) is 2.96. The number of aliphatic hydroxyl groups excluding tert-OH is 1. The Morgan fingerprint density at radius 3 is 2.77 bits per heavy atom. The Morgan fingerprint density at radius 1 is 1.30 bits per heavy atom. The first-order valence-corrected chi connectivity index (χ1v) is 9.63. The molecule has 9 nitrogen and oxygen atoms in total. The van der Waals surface area contributed by atoms with Gasteiger partial charge in [-0.1, -0.05) is 0 Å². The van der Waals surface area contributed by atoms with Crippen LogP contribution in [-0.4, -0.2) is 38.4 Å². The largest absolute Gasteiger partial charge is 0.493 e. The molecule has 0 fully saturated rings. The van der Waals surface area contributed by atoms with E-state index in [1.165, 1.54) is 30.2 Å². The van der Waals surface area contributed by atoms with Crippen molar-refractivity contribution < 1.29 is 14.9 Å². The summed E-state index contributed by atoms with van der Waals surface area (Å²) >= 11 is 1.26. The second-order valence-corrected chi connectivity index (χ2v) is 6.86. The van der Waals surface area contributed by atoms with Gasteiger partial charge in [-0.15, -0.1) is 11.8 Å². The molecule has 10 heteroatoms. The zero-order valence-electron chi connectivity index (χ0n) is 15.6. The van der Waals surface area contributed by atoms with E-state index in [-0.39, 0.29) is 36.2 Å². The lowest BCUT2D eigenvalue weighted by molar-refractivity contribution is 0.196. The summed E-state index contributed by atoms with van der Waals surface area (Å²) in [7, 11) is 0.